The summed E-state index contributed by atoms with van der Waals surface area (Å²) in [5.41, 5.74) is 0.668. The summed E-state index contributed by atoms with van der Waals surface area (Å²) in [4.78, 5) is 10.4. The molecule has 0 unspecified atom stereocenters. The van der Waals surface area contributed by atoms with E-state index in [1.165, 1.54) is 18.9 Å². The second-order valence-electron chi connectivity index (χ2n) is 4.07. The van der Waals surface area contributed by atoms with Crippen molar-refractivity contribution in [3.8, 4) is 0 Å². The van der Waals surface area contributed by atoms with Crippen molar-refractivity contribution in [3.63, 3.8) is 0 Å². The molecule has 0 aromatic heterocycles. The molecule has 0 atom stereocenters. The van der Waals surface area contributed by atoms with Crippen molar-refractivity contribution in [1.82, 2.24) is 5.32 Å². The van der Waals surface area contributed by atoms with Crippen LogP contribution in [0.1, 0.15) is 12.8 Å². The Morgan fingerprint density at radius 3 is 2.82 bits per heavy atom. The molecule has 2 rings (SSSR count). The largest absolute Gasteiger partial charge is 0.378 e. The summed E-state index contributed by atoms with van der Waals surface area (Å²) < 4.78 is 0.834. The van der Waals surface area contributed by atoms with Crippen molar-refractivity contribution < 1.29 is 4.92 Å². The van der Waals surface area contributed by atoms with E-state index in [0.717, 1.165) is 11.0 Å². The summed E-state index contributed by atoms with van der Waals surface area (Å²) in [7, 11) is 0. The highest BCUT2D eigenvalue weighted by atomic mass is 79.9. The number of hydrogen-bond acceptors (Lipinski definition) is 4. The van der Waals surface area contributed by atoms with Crippen molar-refractivity contribution in [3.05, 3.63) is 32.8 Å². The lowest BCUT2D eigenvalue weighted by Crippen LogP contribution is -2.24. The standard InChI is InChI=1S/C11H14BrN3O2/c12-8-1-4-11(15(16)17)10(7-8)14-6-5-13-9-2-3-9/h1,4,7,9,13-14H,2-3,5-6H2. The van der Waals surface area contributed by atoms with Crippen molar-refractivity contribution in [2.24, 2.45) is 0 Å². The Kier molecular flexibility index (Phi) is 3.96. The third kappa shape index (κ3) is 3.67. The summed E-state index contributed by atoms with van der Waals surface area (Å²) >= 11 is 3.31. The third-order valence-corrected chi connectivity index (χ3v) is 3.10. The second kappa shape index (κ2) is 5.46. The average molecular weight is 300 g/mol. The van der Waals surface area contributed by atoms with Gasteiger partial charge in [0.25, 0.3) is 5.69 Å². The topological polar surface area (TPSA) is 67.2 Å². The Hall–Kier alpha value is -1.14. The molecule has 0 heterocycles. The minimum absolute atomic E-state index is 0.111. The molecular weight excluding hydrogens is 286 g/mol. The van der Waals surface area contributed by atoms with E-state index >= 15 is 0 Å². The molecule has 0 aliphatic heterocycles. The molecule has 17 heavy (non-hydrogen) atoms. The van der Waals surface area contributed by atoms with E-state index in [1.807, 2.05) is 0 Å². The first kappa shape index (κ1) is 12.3. The maximum atomic E-state index is 10.8. The Balaban J connectivity index is 1.92. The van der Waals surface area contributed by atoms with Crippen LogP contribution < -0.4 is 10.6 Å². The lowest BCUT2D eigenvalue weighted by Gasteiger charge is -2.08. The number of nitrogens with one attached hydrogen (secondary N) is 2. The van der Waals surface area contributed by atoms with E-state index in [0.29, 0.717) is 18.3 Å². The zero-order valence-corrected chi connectivity index (χ0v) is 10.9. The molecule has 1 aromatic rings. The van der Waals surface area contributed by atoms with Gasteiger partial charge in [0, 0.05) is 29.7 Å². The van der Waals surface area contributed by atoms with Crippen LogP contribution in [-0.4, -0.2) is 24.1 Å². The van der Waals surface area contributed by atoms with Crippen LogP contribution in [0.3, 0.4) is 0 Å². The lowest BCUT2D eigenvalue weighted by molar-refractivity contribution is -0.384. The zero-order chi connectivity index (χ0) is 12.3. The quantitative estimate of drug-likeness (QED) is 0.481. The zero-order valence-electron chi connectivity index (χ0n) is 9.28. The number of halogens is 1. The molecular formula is C11H14BrN3O2. The van der Waals surface area contributed by atoms with E-state index in [2.05, 4.69) is 26.6 Å². The normalized spacial score (nSPS) is 14.6. The monoisotopic (exact) mass is 299 g/mol. The molecule has 1 aliphatic rings. The van der Waals surface area contributed by atoms with Crippen molar-refractivity contribution in [2.45, 2.75) is 18.9 Å². The molecule has 0 amide bonds. The molecule has 1 saturated carbocycles. The van der Waals surface area contributed by atoms with Crippen LogP contribution in [0.15, 0.2) is 22.7 Å². The fraction of sp³-hybridized carbons (Fsp3) is 0.455. The van der Waals surface area contributed by atoms with Gasteiger partial charge in [-0.15, -0.1) is 0 Å². The smallest absolute Gasteiger partial charge is 0.292 e. The molecule has 0 radical (unpaired) electrons. The van der Waals surface area contributed by atoms with Gasteiger partial charge in [0.2, 0.25) is 0 Å². The highest BCUT2D eigenvalue weighted by molar-refractivity contribution is 9.10. The summed E-state index contributed by atoms with van der Waals surface area (Å²) in [6, 6.07) is 5.57. The van der Waals surface area contributed by atoms with E-state index in [1.54, 1.807) is 12.1 Å². The Labute approximate surface area is 108 Å². The van der Waals surface area contributed by atoms with E-state index in [4.69, 9.17) is 0 Å². The van der Waals surface area contributed by atoms with Crippen LogP contribution in [-0.2, 0) is 0 Å². The van der Waals surface area contributed by atoms with Crippen molar-refractivity contribution >= 4 is 27.3 Å². The SMILES string of the molecule is O=[N+]([O-])c1ccc(Br)cc1NCCNC1CC1. The number of rotatable bonds is 6. The molecule has 2 N–H and O–H groups in total. The Morgan fingerprint density at radius 2 is 2.18 bits per heavy atom. The van der Waals surface area contributed by atoms with Gasteiger partial charge in [0.05, 0.1) is 4.92 Å². The van der Waals surface area contributed by atoms with Gasteiger partial charge in [-0.3, -0.25) is 10.1 Å². The average Bonchev–Trinajstić information content (AvgIpc) is 3.08. The van der Waals surface area contributed by atoms with Crippen LogP contribution in [0.2, 0.25) is 0 Å². The number of nitro benzene ring substituents is 1. The first-order valence-electron chi connectivity index (χ1n) is 5.58. The minimum atomic E-state index is -0.372. The number of anilines is 1. The van der Waals surface area contributed by atoms with Gasteiger partial charge < -0.3 is 10.6 Å². The molecule has 92 valence electrons. The van der Waals surface area contributed by atoms with Gasteiger partial charge in [-0.2, -0.15) is 0 Å². The fourth-order valence-electron chi connectivity index (χ4n) is 1.57. The summed E-state index contributed by atoms with van der Waals surface area (Å²) in [6.07, 6.45) is 2.49. The number of hydrogen-bond donors (Lipinski definition) is 2. The molecule has 1 aliphatic carbocycles. The highest BCUT2D eigenvalue weighted by Crippen LogP contribution is 2.27. The van der Waals surface area contributed by atoms with Gasteiger partial charge in [-0.1, -0.05) is 15.9 Å². The van der Waals surface area contributed by atoms with Gasteiger partial charge in [-0.25, -0.2) is 0 Å². The first-order chi connectivity index (χ1) is 8.16. The van der Waals surface area contributed by atoms with E-state index in [-0.39, 0.29) is 10.6 Å². The van der Waals surface area contributed by atoms with Gasteiger partial charge in [0.15, 0.2) is 0 Å². The summed E-state index contributed by atoms with van der Waals surface area (Å²) in [5, 5.41) is 17.2. The lowest BCUT2D eigenvalue weighted by atomic mass is 10.2. The van der Waals surface area contributed by atoms with Crippen molar-refractivity contribution in [1.29, 1.82) is 0 Å². The molecule has 1 fully saturated rings. The minimum Gasteiger partial charge on any atom is -0.378 e. The molecule has 0 bridgehead atoms. The Morgan fingerprint density at radius 1 is 1.41 bits per heavy atom. The maximum Gasteiger partial charge on any atom is 0.292 e. The predicted molar refractivity (Wildman–Crippen MR) is 70.3 cm³/mol. The molecule has 0 spiro atoms. The van der Waals surface area contributed by atoms with E-state index < -0.39 is 0 Å². The fourth-order valence-corrected chi connectivity index (χ4v) is 1.93. The predicted octanol–water partition coefficient (Wildman–Crippen LogP) is 2.52. The molecule has 5 nitrogen and oxygen atoms in total. The van der Waals surface area contributed by atoms with Crippen LogP contribution in [0.4, 0.5) is 11.4 Å². The van der Waals surface area contributed by atoms with Gasteiger partial charge in [0.1, 0.15) is 5.69 Å². The van der Waals surface area contributed by atoms with E-state index in [9.17, 15) is 10.1 Å². The summed E-state index contributed by atoms with van der Waals surface area (Å²) in [5.74, 6) is 0. The Bertz CT molecular complexity index is 421. The molecule has 1 aromatic carbocycles. The highest BCUT2D eigenvalue weighted by Gasteiger charge is 2.19. The van der Waals surface area contributed by atoms with Crippen LogP contribution >= 0.6 is 15.9 Å². The van der Waals surface area contributed by atoms with Crippen LogP contribution in [0.25, 0.3) is 0 Å². The van der Waals surface area contributed by atoms with Gasteiger partial charge >= 0.3 is 0 Å². The first-order valence-corrected chi connectivity index (χ1v) is 6.37. The summed E-state index contributed by atoms with van der Waals surface area (Å²) in [6.45, 7) is 1.52. The third-order valence-electron chi connectivity index (χ3n) is 2.61. The number of nitro groups is 1. The second-order valence-corrected chi connectivity index (χ2v) is 4.99. The van der Waals surface area contributed by atoms with Gasteiger partial charge in [-0.05, 0) is 25.0 Å². The molecule has 6 heteroatoms. The number of benzene rings is 1. The van der Waals surface area contributed by atoms with Crippen molar-refractivity contribution in [2.75, 3.05) is 18.4 Å². The maximum absolute atomic E-state index is 10.8. The molecule has 0 saturated heterocycles. The number of nitrogens with zero attached hydrogens (tertiary/aromatic N) is 1. The van der Waals surface area contributed by atoms with Crippen LogP contribution in [0, 0.1) is 10.1 Å². The van der Waals surface area contributed by atoms with Crippen LogP contribution in [0.5, 0.6) is 0 Å².